The molecule has 0 spiro atoms. The molecule has 2 aromatic carbocycles. The van der Waals surface area contributed by atoms with Gasteiger partial charge in [0.1, 0.15) is 17.3 Å². The van der Waals surface area contributed by atoms with Crippen molar-refractivity contribution in [3.05, 3.63) is 65.5 Å². The number of amidine groups is 1. The van der Waals surface area contributed by atoms with Gasteiger partial charge >= 0.3 is 5.97 Å². The fourth-order valence-corrected chi connectivity index (χ4v) is 4.07. The van der Waals surface area contributed by atoms with Crippen molar-refractivity contribution in [3.8, 4) is 0 Å². The highest BCUT2D eigenvalue weighted by molar-refractivity contribution is 6.27. The Hall–Kier alpha value is -3.39. The fourth-order valence-electron chi connectivity index (χ4n) is 3.98. The monoisotopic (exact) mass is 511 g/mol. The molecule has 1 aromatic heterocycles. The first-order valence-corrected chi connectivity index (χ1v) is 12.6. The predicted octanol–water partition coefficient (Wildman–Crippen LogP) is 5.07. The second-order valence-corrected chi connectivity index (χ2v) is 9.72. The van der Waals surface area contributed by atoms with Crippen molar-refractivity contribution in [1.82, 2.24) is 20.2 Å². The summed E-state index contributed by atoms with van der Waals surface area (Å²) in [6, 6.07) is 14.1. The zero-order valence-corrected chi connectivity index (χ0v) is 22.0. The summed E-state index contributed by atoms with van der Waals surface area (Å²) in [5.74, 6) is 0.193. The highest BCUT2D eigenvalue weighted by Gasteiger charge is 2.26. The quantitative estimate of drug-likeness (QED) is 0.116. The number of fused-ring (bicyclic) bond motifs is 1. The van der Waals surface area contributed by atoms with Crippen LogP contribution in [0.1, 0.15) is 73.1 Å². The van der Waals surface area contributed by atoms with Crippen LogP contribution in [0.2, 0.25) is 0 Å². The Balaban J connectivity index is 1.91. The van der Waals surface area contributed by atoms with Crippen LogP contribution in [-0.4, -0.2) is 45.3 Å². The van der Waals surface area contributed by atoms with Crippen molar-refractivity contribution in [3.63, 3.8) is 0 Å². The summed E-state index contributed by atoms with van der Waals surface area (Å²) in [4.78, 5) is 31.1. The largest absolute Gasteiger partial charge is 0.456 e. The number of ether oxygens (including phenoxy) is 1. The Morgan fingerprint density at radius 1 is 1.11 bits per heavy atom. The number of hydrogen-bond donors (Lipinski definition) is 3. The van der Waals surface area contributed by atoms with Crippen LogP contribution in [-0.2, 0) is 11.3 Å². The molecule has 9 heteroatoms. The van der Waals surface area contributed by atoms with E-state index in [1.54, 1.807) is 45.0 Å². The van der Waals surface area contributed by atoms with Gasteiger partial charge in [0.15, 0.2) is 0 Å². The maximum absolute atomic E-state index is 13.5. The van der Waals surface area contributed by atoms with Gasteiger partial charge in [0, 0.05) is 13.1 Å². The van der Waals surface area contributed by atoms with Crippen molar-refractivity contribution in [2.45, 2.75) is 58.7 Å². The minimum absolute atomic E-state index is 0.118. The van der Waals surface area contributed by atoms with E-state index in [0.29, 0.717) is 25.9 Å². The number of esters is 1. The molecule has 3 aromatic rings. The highest BCUT2D eigenvalue weighted by Crippen LogP contribution is 2.25. The van der Waals surface area contributed by atoms with Crippen LogP contribution in [0, 0.1) is 5.41 Å². The normalized spacial score (nSPS) is 12.2. The van der Waals surface area contributed by atoms with Gasteiger partial charge in [-0.1, -0.05) is 24.3 Å². The number of amides is 1. The smallest absolute Gasteiger partial charge is 0.339 e. The molecule has 1 heterocycles. The Morgan fingerprint density at radius 2 is 1.78 bits per heavy atom. The number of aryl methyl sites for hydroxylation is 1. The van der Waals surface area contributed by atoms with Gasteiger partial charge in [0.25, 0.3) is 5.91 Å². The standard InChI is InChI=1S/C27H34ClN5O3/c1-5-33-22-15-9-8-13-20(22)31-24(33)21(14-10-16-30-23(29)17-28)32-25(34)18-11-6-7-12-19(18)26(35)36-27(2,3)4/h6-9,11-13,15,21H,5,10,14,16-17H2,1-4H3,(H2,29,30)(H,32,34). The second kappa shape index (κ2) is 12.0. The molecule has 1 amide bonds. The molecular weight excluding hydrogens is 478 g/mol. The van der Waals surface area contributed by atoms with E-state index in [2.05, 4.69) is 15.2 Å². The van der Waals surface area contributed by atoms with Crippen LogP contribution in [0.5, 0.6) is 0 Å². The number of aromatic nitrogens is 2. The van der Waals surface area contributed by atoms with Crippen LogP contribution in [0.3, 0.4) is 0 Å². The minimum atomic E-state index is -0.682. The molecule has 3 rings (SSSR count). The molecule has 192 valence electrons. The summed E-state index contributed by atoms with van der Waals surface area (Å²) >= 11 is 5.70. The van der Waals surface area contributed by atoms with E-state index >= 15 is 0 Å². The van der Waals surface area contributed by atoms with Gasteiger partial charge in [-0.05, 0) is 64.8 Å². The number of nitrogens with zero attached hydrogens (tertiary/aromatic N) is 2. The first-order valence-electron chi connectivity index (χ1n) is 12.1. The van der Waals surface area contributed by atoms with E-state index < -0.39 is 17.6 Å². The molecule has 1 atom stereocenters. The molecule has 0 saturated carbocycles. The van der Waals surface area contributed by atoms with Gasteiger partial charge in [-0.15, -0.1) is 11.6 Å². The van der Waals surface area contributed by atoms with Crippen LogP contribution in [0.25, 0.3) is 11.0 Å². The van der Waals surface area contributed by atoms with E-state index in [9.17, 15) is 9.59 Å². The number of halogens is 1. The minimum Gasteiger partial charge on any atom is -0.456 e. The maximum Gasteiger partial charge on any atom is 0.339 e. The number of rotatable bonds is 10. The van der Waals surface area contributed by atoms with Crippen molar-refractivity contribution in [2.24, 2.45) is 0 Å². The van der Waals surface area contributed by atoms with E-state index in [0.717, 1.165) is 16.9 Å². The first kappa shape index (κ1) is 27.2. The van der Waals surface area contributed by atoms with E-state index in [-0.39, 0.29) is 28.7 Å². The highest BCUT2D eigenvalue weighted by atomic mass is 35.5. The lowest BCUT2D eigenvalue weighted by Crippen LogP contribution is -2.33. The molecule has 0 radical (unpaired) electrons. The fraction of sp³-hybridized carbons (Fsp3) is 0.407. The van der Waals surface area contributed by atoms with Gasteiger partial charge in [0.05, 0.1) is 34.1 Å². The molecule has 0 bridgehead atoms. The SMILES string of the molecule is CCn1c(C(CCCNC(=N)CCl)NC(=O)c2ccccc2C(=O)OC(C)(C)C)nc2ccccc21. The zero-order chi connectivity index (χ0) is 26.3. The molecule has 0 aliphatic rings. The average Bonchev–Trinajstić information content (AvgIpc) is 3.23. The molecule has 3 N–H and O–H groups in total. The van der Waals surface area contributed by atoms with Gasteiger partial charge in [-0.25, -0.2) is 9.78 Å². The molecule has 0 saturated heterocycles. The summed E-state index contributed by atoms with van der Waals surface area (Å²) in [7, 11) is 0. The molecule has 0 aliphatic heterocycles. The van der Waals surface area contributed by atoms with E-state index in [1.807, 2.05) is 31.2 Å². The van der Waals surface area contributed by atoms with E-state index in [4.69, 9.17) is 26.7 Å². The van der Waals surface area contributed by atoms with Gasteiger partial charge in [-0.3, -0.25) is 10.2 Å². The number of hydrogen-bond acceptors (Lipinski definition) is 5. The van der Waals surface area contributed by atoms with Crippen LogP contribution < -0.4 is 10.6 Å². The maximum atomic E-state index is 13.5. The molecule has 1 unspecified atom stereocenters. The van der Waals surface area contributed by atoms with Crippen molar-refractivity contribution in [1.29, 1.82) is 5.41 Å². The Bertz CT molecular complexity index is 1230. The number of alkyl halides is 1. The van der Waals surface area contributed by atoms with Crippen molar-refractivity contribution in [2.75, 3.05) is 12.4 Å². The Morgan fingerprint density at radius 3 is 2.44 bits per heavy atom. The lowest BCUT2D eigenvalue weighted by atomic mass is 10.0. The van der Waals surface area contributed by atoms with Gasteiger partial charge in [0.2, 0.25) is 0 Å². The number of imidazole rings is 1. The summed E-state index contributed by atoms with van der Waals surface area (Å²) in [5.41, 5.74) is 1.62. The summed E-state index contributed by atoms with van der Waals surface area (Å²) in [6.45, 7) is 8.63. The summed E-state index contributed by atoms with van der Waals surface area (Å²) < 4.78 is 7.61. The van der Waals surface area contributed by atoms with Crippen LogP contribution >= 0.6 is 11.6 Å². The number of carbonyl (C=O) groups is 2. The second-order valence-electron chi connectivity index (χ2n) is 9.46. The Kier molecular flexibility index (Phi) is 9.09. The molecule has 0 aliphatic carbocycles. The number of carbonyl (C=O) groups excluding carboxylic acids is 2. The third-order valence-corrected chi connectivity index (χ3v) is 5.82. The van der Waals surface area contributed by atoms with Gasteiger partial charge < -0.3 is 19.9 Å². The lowest BCUT2D eigenvalue weighted by Gasteiger charge is -2.22. The third kappa shape index (κ3) is 6.85. The first-order chi connectivity index (χ1) is 17.1. The third-order valence-electron chi connectivity index (χ3n) is 5.55. The number of para-hydroxylation sites is 2. The molecular formula is C27H34ClN5O3. The van der Waals surface area contributed by atoms with Crippen LogP contribution in [0.15, 0.2) is 48.5 Å². The molecule has 36 heavy (non-hydrogen) atoms. The molecule has 8 nitrogen and oxygen atoms in total. The van der Waals surface area contributed by atoms with Crippen LogP contribution in [0.4, 0.5) is 0 Å². The lowest BCUT2D eigenvalue weighted by molar-refractivity contribution is 0.00674. The van der Waals surface area contributed by atoms with Gasteiger partial charge in [-0.2, -0.15) is 0 Å². The summed E-state index contributed by atoms with van der Waals surface area (Å²) in [5, 5.41) is 13.8. The zero-order valence-electron chi connectivity index (χ0n) is 21.2. The topological polar surface area (TPSA) is 109 Å². The average molecular weight is 512 g/mol. The Labute approximate surface area is 216 Å². The van der Waals surface area contributed by atoms with Crippen molar-refractivity contribution < 1.29 is 14.3 Å². The van der Waals surface area contributed by atoms with E-state index in [1.165, 1.54) is 0 Å². The van der Waals surface area contributed by atoms with Crippen molar-refractivity contribution >= 4 is 40.3 Å². The molecule has 0 fully saturated rings. The number of benzene rings is 2. The predicted molar refractivity (Wildman–Crippen MR) is 143 cm³/mol. The summed E-state index contributed by atoms with van der Waals surface area (Å²) in [6.07, 6.45) is 1.25. The number of nitrogens with one attached hydrogen (secondary N) is 3.